The second-order valence-electron chi connectivity index (χ2n) is 11.8. The summed E-state index contributed by atoms with van der Waals surface area (Å²) in [6, 6.07) is 36.7. The number of fused-ring (bicyclic) bond motifs is 8. The van der Waals surface area contributed by atoms with Crippen LogP contribution in [0.25, 0.3) is 75.1 Å². The van der Waals surface area contributed by atoms with E-state index in [1.165, 1.54) is 16.2 Å². The van der Waals surface area contributed by atoms with Gasteiger partial charge in [-0.3, -0.25) is 0 Å². The predicted octanol–water partition coefficient (Wildman–Crippen LogP) is 13.9. The van der Waals surface area contributed by atoms with Crippen molar-refractivity contribution in [3.63, 3.8) is 0 Å². The van der Waals surface area contributed by atoms with Gasteiger partial charge in [-0.15, -0.1) is 11.3 Å². The summed E-state index contributed by atoms with van der Waals surface area (Å²) in [5.41, 5.74) is 2.47. The van der Waals surface area contributed by atoms with E-state index < -0.39 is 24.2 Å². The van der Waals surface area contributed by atoms with Crippen molar-refractivity contribution in [2.45, 2.75) is 0 Å². The van der Waals surface area contributed by atoms with Crippen LogP contribution < -0.4 is 4.90 Å². The fourth-order valence-electron chi connectivity index (χ4n) is 6.79. The number of anilines is 3. The smallest absolute Gasteiger partial charge is 0.143 e. The molecule has 3 heteroatoms. The lowest BCUT2D eigenvalue weighted by atomic mass is 10.0. The minimum atomic E-state index is -0.451. The van der Waals surface area contributed by atoms with E-state index in [2.05, 4.69) is 0 Å². The van der Waals surface area contributed by atoms with E-state index in [9.17, 15) is 8.22 Å². The van der Waals surface area contributed by atoms with Crippen LogP contribution in [-0.2, 0) is 0 Å². The molecule has 0 saturated heterocycles. The molecule has 2 heterocycles. The highest BCUT2D eigenvalue weighted by atomic mass is 32.1. The molecule has 49 heavy (non-hydrogen) atoms. The van der Waals surface area contributed by atoms with Crippen molar-refractivity contribution in [3.05, 3.63) is 176 Å². The molecule has 10 aromatic rings. The van der Waals surface area contributed by atoms with Crippen LogP contribution in [-0.4, -0.2) is 0 Å². The molecule has 0 aliphatic heterocycles. The normalized spacial score (nSPS) is 14.0. The van der Waals surface area contributed by atoms with Gasteiger partial charge >= 0.3 is 0 Å². The largest absolute Gasteiger partial charge is 0.455 e. The van der Waals surface area contributed by atoms with Crippen LogP contribution in [0, 0.1) is 0 Å². The first-order valence-corrected chi connectivity index (χ1v) is 16.8. The summed E-state index contributed by atoms with van der Waals surface area (Å²) in [5.74, 6) is 0. The Morgan fingerprint density at radius 2 is 1.24 bits per heavy atom. The highest BCUT2D eigenvalue weighted by molar-refractivity contribution is 7.26. The van der Waals surface area contributed by atoms with Crippen molar-refractivity contribution in [3.8, 4) is 22.3 Å². The van der Waals surface area contributed by atoms with E-state index in [1.54, 1.807) is 36.4 Å². The highest BCUT2D eigenvalue weighted by Gasteiger charge is 2.21. The average molecular weight is 652 g/mol. The molecule has 2 nitrogen and oxygen atoms in total. The first kappa shape index (κ1) is 20.9. The third kappa shape index (κ3) is 4.55. The molecule has 0 bridgehead atoms. The van der Waals surface area contributed by atoms with Gasteiger partial charge in [0.2, 0.25) is 0 Å². The molecular weight excluding hydrogens is 615 g/mol. The second kappa shape index (κ2) is 11.2. The molecule has 2 aromatic heterocycles. The molecule has 0 saturated carbocycles. The number of benzene rings is 8. The fourth-order valence-corrected chi connectivity index (χ4v) is 8.02. The summed E-state index contributed by atoms with van der Waals surface area (Å²) in [4.78, 5) is 1.46. The molecule has 0 atom stereocenters. The Hall–Kier alpha value is -6.16. The number of rotatable bonds is 5. The maximum atomic E-state index is 10.0. The Bertz CT molecular complexity index is 3300. The lowest BCUT2D eigenvalue weighted by Crippen LogP contribution is -2.10. The van der Waals surface area contributed by atoms with Gasteiger partial charge in [-0.25, -0.2) is 0 Å². The molecule has 0 aliphatic carbocycles. The van der Waals surface area contributed by atoms with Gasteiger partial charge in [0, 0.05) is 42.3 Å². The zero-order valence-electron chi connectivity index (χ0n) is 33.9. The third-order valence-corrected chi connectivity index (χ3v) is 10.2. The van der Waals surface area contributed by atoms with Crippen LogP contribution in [0.4, 0.5) is 17.1 Å². The van der Waals surface area contributed by atoms with Gasteiger partial charge in [0.15, 0.2) is 0 Å². The molecule has 0 radical (unpaired) electrons. The first-order chi connectivity index (χ1) is 27.7. The van der Waals surface area contributed by atoms with Gasteiger partial charge in [-0.05, 0) is 76.1 Å². The van der Waals surface area contributed by atoms with E-state index in [0.29, 0.717) is 38.8 Å². The van der Waals surface area contributed by atoms with E-state index in [0.717, 1.165) is 30.9 Å². The van der Waals surface area contributed by atoms with Crippen LogP contribution in [0.1, 0.15) is 11.0 Å². The van der Waals surface area contributed by atoms with Crippen molar-refractivity contribution >= 4 is 81.3 Å². The quantitative estimate of drug-likeness (QED) is 0.184. The molecule has 0 amide bonds. The summed E-state index contributed by atoms with van der Waals surface area (Å²) >= 11 is 1.52. The maximum absolute atomic E-state index is 10.0. The minimum Gasteiger partial charge on any atom is -0.455 e. The van der Waals surface area contributed by atoms with Crippen molar-refractivity contribution in [1.29, 1.82) is 0 Å². The first-order valence-electron chi connectivity index (χ1n) is 20.0. The second-order valence-corrected chi connectivity index (χ2v) is 12.9. The fraction of sp³-hybridized carbons (Fsp3) is 0. The topological polar surface area (TPSA) is 16.4 Å². The van der Waals surface area contributed by atoms with E-state index in [4.69, 9.17) is 7.16 Å². The molecular formula is C46H29NOS. The Morgan fingerprint density at radius 3 is 2.12 bits per heavy atom. The Kier molecular flexibility index (Phi) is 4.80. The van der Waals surface area contributed by atoms with Crippen molar-refractivity contribution < 1.29 is 15.4 Å². The Balaban J connectivity index is 1.37. The highest BCUT2D eigenvalue weighted by Crippen LogP contribution is 2.46. The number of thiophene rings is 1. The number of nitrogens with zero attached hydrogens (tertiary/aromatic N) is 1. The molecule has 0 N–H and O–H groups in total. The summed E-state index contributed by atoms with van der Waals surface area (Å²) < 4.78 is 83.7. The molecule has 0 unspecified atom stereocenters. The maximum Gasteiger partial charge on any atom is 0.143 e. The Labute approximate surface area is 299 Å². The SMILES string of the molecule is [2H]c1c([2H])c(-c2ccccc2)c([2H])c(N(c2c([2H])c([2H])c([2H])c(-c3cccc4c3sc3ccccc34)c2[2H])c2cccc3oc4c5ccccc5ccc4c23)c1[2H]. The zero-order valence-corrected chi connectivity index (χ0v) is 26.7. The summed E-state index contributed by atoms with van der Waals surface area (Å²) in [7, 11) is 0. The summed E-state index contributed by atoms with van der Waals surface area (Å²) in [5, 5.41) is 5.09. The molecule has 0 fully saturated rings. The lowest BCUT2D eigenvalue weighted by molar-refractivity contribution is 0.672. The summed E-state index contributed by atoms with van der Waals surface area (Å²) in [6.07, 6.45) is 0. The average Bonchev–Trinajstić information content (AvgIpc) is 3.82. The van der Waals surface area contributed by atoms with Gasteiger partial charge in [0.25, 0.3) is 0 Å². The van der Waals surface area contributed by atoms with Gasteiger partial charge in [-0.1, -0.05) is 127 Å². The number of furan rings is 1. The molecule has 0 aliphatic rings. The minimum absolute atomic E-state index is 0.114. The Morgan fingerprint density at radius 1 is 0.531 bits per heavy atom. The van der Waals surface area contributed by atoms with Crippen molar-refractivity contribution in [2.24, 2.45) is 0 Å². The van der Waals surface area contributed by atoms with E-state index in [1.807, 2.05) is 91.0 Å². The van der Waals surface area contributed by atoms with E-state index in [-0.39, 0.29) is 46.7 Å². The van der Waals surface area contributed by atoms with Crippen molar-refractivity contribution in [1.82, 2.24) is 0 Å². The van der Waals surface area contributed by atoms with Crippen LogP contribution >= 0.6 is 11.3 Å². The van der Waals surface area contributed by atoms with Crippen LogP contribution in [0.2, 0.25) is 0 Å². The zero-order chi connectivity index (χ0) is 39.3. The number of hydrogen-bond donors (Lipinski definition) is 0. The van der Waals surface area contributed by atoms with Crippen LogP contribution in [0.3, 0.4) is 0 Å². The number of hydrogen-bond acceptors (Lipinski definition) is 3. The lowest BCUT2D eigenvalue weighted by Gasteiger charge is -2.27. The van der Waals surface area contributed by atoms with Gasteiger partial charge < -0.3 is 9.32 Å². The standard InChI is InChI=1S/C46H29NOS/c1-2-12-30(13-3-1)32-15-8-17-34(28-32)47(41-23-11-24-42-44(41)40-27-26-31-14-4-5-19-36(31)45(40)48-42)35-18-9-16-33(29-35)37-21-10-22-39-38-20-6-7-25-43(38)49-46(37)39/h1-29H/i8D,9D,15D,16D,17D,18D,28D,29D. The van der Waals surface area contributed by atoms with Crippen molar-refractivity contribution in [2.75, 3.05) is 4.90 Å². The van der Waals surface area contributed by atoms with Crippen LogP contribution in [0.15, 0.2) is 180 Å². The third-order valence-electron chi connectivity index (χ3n) is 9.01. The monoisotopic (exact) mass is 651 g/mol. The molecule has 0 spiro atoms. The molecule has 230 valence electrons. The van der Waals surface area contributed by atoms with Gasteiger partial charge in [-0.2, -0.15) is 0 Å². The van der Waals surface area contributed by atoms with Crippen LogP contribution in [0.5, 0.6) is 0 Å². The van der Waals surface area contributed by atoms with E-state index >= 15 is 0 Å². The van der Waals surface area contributed by atoms with Gasteiger partial charge in [0.1, 0.15) is 11.2 Å². The molecule has 10 rings (SSSR count). The summed E-state index contributed by atoms with van der Waals surface area (Å²) in [6.45, 7) is 0. The van der Waals surface area contributed by atoms with Gasteiger partial charge in [0.05, 0.1) is 22.0 Å². The predicted molar refractivity (Wildman–Crippen MR) is 210 cm³/mol. The molecule has 8 aromatic carbocycles.